The molecule has 5 atom stereocenters. The van der Waals surface area contributed by atoms with Crippen molar-refractivity contribution >= 4 is 36.1 Å². The third kappa shape index (κ3) is 6.61. The van der Waals surface area contributed by atoms with Crippen molar-refractivity contribution < 1.29 is 47.6 Å². The van der Waals surface area contributed by atoms with Crippen molar-refractivity contribution in [3.8, 4) is 34.2 Å². The van der Waals surface area contributed by atoms with Gasteiger partial charge in [-0.15, -0.1) is 0 Å². The normalized spacial score (nSPS) is 21.0. The minimum Gasteiger partial charge on any atom is -0.497 e. The molecule has 1 fully saturated rings. The summed E-state index contributed by atoms with van der Waals surface area (Å²) in [6, 6.07) is 17.1. The molecule has 2 aromatic carbocycles. The maximum atomic E-state index is 12.6. The van der Waals surface area contributed by atoms with E-state index in [-0.39, 0.29) is 10.2 Å². The zero-order valence-corrected chi connectivity index (χ0v) is 27.1. The van der Waals surface area contributed by atoms with Crippen LogP contribution in [0, 0.1) is 16.0 Å². The van der Waals surface area contributed by atoms with Gasteiger partial charge in [0.05, 0.1) is 18.4 Å². The lowest BCUT2D eigenvalue weighted by Gasteiger charge is -2.45. The lowest BCUT2D eigenvalue weighted by Crippen LogP contribution is -2.60. The fourth-order valence-electron chi connectivity index (χ4n) is 6.14. The van der Waals surface area contributed by atoms with Gasteiger partial charge in [0.1, 0.15) is 29.2 Å². The summed E-state index contributed by atoms with van der Waals surface area (Å²) in [5, 5.41) is 10.6. The summed E-state index contributed by atoms with van der Waals surface area (Å²) in [6.07, 6.45) is -6.29. The molecule has 244 valence electrons. The average molecular weight is 661 g/mol. The molecule has 0 N–H and O–H groups in total. The molecule has 3 aromatic rings. The van der Waals surface area contributed by atoms with Gasteiger partial charge in [-0.2, -0.15) is 5.26 Å². The second-order valence-electron chi connectivity index (χ2n) is 11.0. The minimum absolute atomic E-state index is 0.0506. The van der Waals surface area contributed by atoms with Gasteiger partial charge in [0.2, 0.25) is 0 Å². The van der Waals surface area contributed by atoms with Crippen molar-refractivity contribution in [2.45, 2.75) is 64.8 Å². The molecular weight excluding hydrogens is 628 g/mol. The van der Waals surface area contributed by atoms with Crippen molar-refractivity contribution in [3.63, 3.8) is 0 Å². The van der Waals surface area contributed by atoms with Crippen LogP contribution >= 0.6 is 12.2 Å². The highest BCUT2D eigenvalue weighted by Crippen LogP contribution is 2.47. The summed E-state index contributed by atoms with van der Waals surface area (Å²) in [6.45, 7) is 4.26. The molecule has 47 heavy (non-hydrogen) atoms. The Morgan fingerprint density at radius 1 is 0.894 bits per heavy atom. The van der Waals surface area contributed by atoms with E-state index < -0.39 is 61.1 Å². The minimum atomic E-state index is -1.42. The van der Waals surface area contributed by atoms with E-state index in [0.29, 0.717) is 23.4 Å². The predicted molar refractivity (Wildman–Crippen MR) is 167 cm³/mol. The second kappa shape index (κ2) is 13.7. The molecule has 1 aromatic heterocycles. The molecule has 0 unspecified atom stereocenters. The van der Waals surface area contributed by atoms with Crippen molar-refractivity contribution in [3.05, 3.63) is 69.9 Å². The predicted octanol–water partition coefficient (Wildman–Crippen LogP) is 4.59. The van der Waals surface area contributed by atoms with E-state index >= 15 is 0 Å². The van der Waals surface area contributed by atoms with Crippen LogP contribution in [0.25, 0.3) is 22.4 Å². The number of methoxy groups -OCH3 is 1. The van der Waals surface area contributed by atoms with Gasteiger partial charge in [-0.1, -0.05) is 48.6 Å². The van der Waals surface area contributed by atoms with Gasteiger partial charge in [-0.25, -0.2) is 0 Å². The Morgan fingerprint density at radius 3 is 2.11 bits per heavy atom. The van der Waals surface area contributed by atoms with Crippen LogP contribution in [-0.4, -0.2) is 66.6 Å². The molecule has 0 bridgehead atoms. The van der Waals surface area contributed by atoms with Gasteiger partial charge in [-0.05, 0) is 28.8 Å². The molecule has 0 saturated carbocycles. The number of pyridine rings is 1. The first-order valence-corrected chi connectivity index (χ1v) is 15.1. The van der Waals surface area contributed by atoms with Gasteiger partial charge in [0, 0.05) is 45.2 Å². The SMILES string of the molecule is COc1ccc(-c2c3c(n([C@@H]4O[C@H](COC(C)=O)[C@@H](OC(C)=O)[C@H](OC(C)=O)[C@@H]4OC(C)=O)c(=S)c2C#N)-c2ccccc2C3)cc1. The highest BCUT2D eigenvalue weighted by atomic mass is 32.1. The summed E-state index contributed by atoms with van der Waals surface area (Å²) >= 11 is 6.03. The summed E-state index contributed by atoms with van der Waals surface area (Å²) < 4.78 is 35.7. The maximum Gasteiger partial charge on any atom is 0.303 e. The van der Waals surface area contributed by atoms with Crippen LogP contribution in [0.5, 0.6) is 5.75 Å². The summed E-state index contributed by atoms with van der Waals surface area (Å²) in [5.74, 6) is -2.26. The van der Waals surface area contributed by atoms with Crippen molar-refractivity contribution in [1.82, 2.24) is 4.57 Å². The van der Waals surface area contributed by atoms with Crippen molar-refractivity contribution in [2.75, 3.05) is 13.7 Å². The van der Waals surface area contributed by atoms with Crippen LogP contribution in [-0.2, 0) is 49.3 Å². The molecule has 2 heterocycles. The molecule has 0 radical (unpaired) electrons. The summed E-state index contributed by atoms with van der Waals surface area (Å²) in [7, 11) is 1.56. The largest absolute Gasteiger partial charge is 0.497 e. The van der Waals surface area contributed by atoms with Gasteiger partial charge in [-0.3, -0.25) is 19.2 Å². The molecule has 0 spiro atoms. The summed E-state index contributed by atoms with van der Waals surface area (Å²) in [4.78, 5) is 49.2. The molecule has 1 aliphatic heterocycles. The number of nitriles is 1. The van der Waals surface area contributed by atoms with E-state index in [2.05, 4.69) is 6.07 Å². The van der Waals surface area contributed by atoms with Crippen LogP contribution < -0.4 is 4.74 Å². The number of rotatable bonds is 8. The fraction of sp³-hybridized carbons (Fsp3) is 0.353. The van der Waals surface area contributed by atoms with Crippen LogP contribution in [0.2, 0.25) is 0 Å². The lowest BCUT2D eigenvalue weighted by molar-refractivity contribution is -0.268. The molecule has 2 aliphatic rings. The van der Waals surface area contributed by atoms with E-state index in [9.17, 15) is 24.4 Å². The van der Waals surface area contributed by atoms with Crippen LogP contribution in [0.4, 0.5) is 0 Å². The number of nitrogens with zero attached hydrogens (tertiary/aromatic N) is 2. The Labute approximate surface area is 275 Å². The van der Waals surface area contributed by atoms with Crippen molar-refractivity contribution in [2.24, 2.45) is 0 Å². The number of hydrogen-bond acceptors (Lipinski definition) is 12. The molecule has 5 rings (SSSR count). The fourth-order valence-corrected chi connectivity index (χ4v) is 6.48. The Morgan fingerprint density at radius 2 is 1.51 bits per heavy atom. The van der Waals surface area contributed by atoms with E-state index in [4.69, 9.17) is 40.6 Å². The van der Waals surface area contributed by atoms with Crippen molar-refractivity contribution in [1.29, 1.82) is 5.26 Å². The van der Waals surface area contributed by atoms with Gasteiger partial charge in [0.15, 0.2) is 24.5 Å². The van der Waals surface area contributed by atoms with E-state index in [1.165, 1.54) is 13.8 Å². The third-order valence-corrected chi connectivity index (χ3v) is 8.26. The van der Waals surface area contributed by atoms with Crippen LogP contribution in [0.1, 0.15) is 50.6 Å². The molecule has 12 nitrogen and oxygen atoms in total. The number of fused-ring (bicyclic) bond motifs is 3. The number of hydrogen-bond donors (Lipinski definition) is 0. The first-order chi connectivity index (χ1) is 22.4. The van der Waals surface area contributed by atoms with Crippen LogP contribution in [0.15, 0.2) is 48.5 Å². The quantitative estimate of drug-likeness (QED) is 0.148. The van der Waals surface area contributed by atoms with Crippen LogP contribution in [0.3, 0.4) is 0 Å². The number of aromatic nitrogens is 1. The Balaban J connectivity index is 1.82. The highest BCUT2D eigenvalue weighted by molar-refractivity contribution is 7.71. The standard InChI is InChI=1S/C34H32N2O10S/c1-17(37)42-16-27-30(43-18(2)38)31(44-19(3)39)32(45-20(4)40)33(46-27)36-29-24-9-7-6-8-22(24)14-25(29)28(26(15-35)34(36)47)21-10-12-23(41-5)13-11-21/h6-13,27,30-33H,14,16H2,1-5H3/t27-,30-,31+,32+,33-/m1/s1. The number of ether oxygens (including phenoxy) is 6. The molecule has 0 amide bonds. The molecule has 1 aliphatic carbocycles. The number of esters is 4. The number of carbonyl (C=O) groups is 4. The smallest absolute Gasteiger partial charge is 0.303 e. The van der Waals surface area contributed by atoms with E-state index in [1.807, 2.05) is 36.4 Å². The molecular formula is C34H32N2O10S. The average Bonchev–Trinajstić information content (AvgIpc) is 3.40. The number of benzene rings is 2. The topological polar surface area (TPSA) is 152 Å². The molecule has 13 heteroatoms. The summed E-state index contributed by atoms with van der Waals surface area (Å²) in [5.41, 5.74) is 4.59. The number of carbonyl (C=O) groups excluding carboxylic acids is 4. The second-order valence-corrected chi connectivity index (χ2v) is 11.4. The van der Waals surface area contributed by atoms with E-state index in [0.717, 1.165) is 36.1 Å². The van der Waals surface area contributed by atoms with E-state index in [1.54, 1.807) is 23.8 Å². The maximum absolute atomic E-state index is 12.6. The highest BCUT2D eigenvalue weighted by Gasteiger charge is 2.53. The Hall–Kier alpha value is -5.06. The third-order valence-electron chi connectivity index (χ3n) is 7.86. The first kappa shape index (κ1) is 33.3. The van der Waals surface area contributed by atoms with Gasteiger partial charge in [0.25, 0.3) is 0 Å². The lowest BCUT2D eigenvalue weighted by atomic mass is 9.93. The van der Waals surface area contributed by atoms with Gasteiger partial charge < -0.3 is 33.0 Å². The van der Waals surface area contributed by atoms with Gasteiger partial charge >= 0.3 is 23.9 Å². The monoisotopic (exact) mass is 660 g/mol. The zero-order chi connectivity index (χ0) is 34.0. The molecule has 1 saturated heterocycles. The first-order valence-electron chi connectivity index (χ1n) is 14.7. The zero-order valence-electron chi connectivity index (χ0n) is 26.3. The Kier molecular flexibility index (Phi) is 9.74. The Bertz CT molecular complexity index is 1840.